The van der Waals surface area contributed by atoms with E-state index in [0.29, 0.717) is 29.8 Å². The molecule has 0 unspecified atom stereocenters. The maximum absolute atomic E-state index is 11.7. The van der Waals surface area contributed by atoms with Gasteiger partial charge in [0, 0.05) is 18.7 Å². The van der Waals surface area contributed by atoms with Gasteiger partial charge in [0.05, 0.1) is 12.7 Å². The van der Waals surface area contributed by atoms with Gasteiger partial charge in [0.2, 0.25) is 5.91 Å². The summed E-state index contributed by atoms with van der Waals surface area (Å²) in [6.45, 7) is 5.25. The maximum Gasteiger partial charge on any atom is 0.338 e. The minimum atomic E-state index is -0.402. The molecule has 104 valence electrons. The number of nitrogens with one attached hydrogen (secondary N) is 2. The Hall–Kier alpha value is -1.88. The molecule has 0 heterocycles. The van der Waals surface area contributed by atoms with Crippen LogP contribution in [0.1, 0.15) is 29.3 Å². The lowest BCUT2D eigenvalue weighted by molar-refractivity contribution is -0.116. The minimum Gasteiger partial charge on any atom is -0.465 e. The second-order valence-electron chi connectivity index (χ2n) is 4.12. The largest absolute Gasteiger partial charge is 0.465 e. The Morgan fingerprint density at radius 1 is 1.32 bits per heavy atom. The number of anilines is 1. The predicted molar refractivity (Wildman–Crippen MR) is 74.3 cm³/mol. The van der Waals surface area contributed by atoms with Crippen molar-refractivity contribution in [1.82, 2.24) is 5.32 Å². The molecule has 0 aliphatic rings. The zero-order chi connectivity index (χ0) is 14.3. The van der Waals surface area contributed by atoms with E-state index in [9.17, 15) is 9.59 Å². The summed E-state index contributed by atoms with van der Waals surface area (Å²) in [7, 11) is 1.34. The van der Waals surface area contributed by atoms with Crippen LogP contribution in [0.4, 0.5) is 5.69 Å². The van der Waals surface area contributed by atoms with Crippen LogP contribution in [0.25, 0.3) is 0 Å². The van der Waals surface area contributed by atoms with Crippen molar-refractivity contribution in [2.75, 3.05) is 25.5 Å². The molecule has 0 bridgehead atoms. The Morgan fingerprint density at radius 3 is 2.68 bits per heavy atom. The van der Waals surface area contributed by atoms with Crippen LogP contribution in [0.5, 0.6) is 0 Å². The van der Waals surface area contributed by atoms with Crippen LogP contribution < -0.4 is 10.6 Å². The number of ether oxygens (including phenoxy) is 1. The second kappa shape index (κ2) is 7.53. The summed E-state index contributed by atoms with van der Waals surface area (Å²) in [5.74, 6) is -0.479. The van der Waals surface area contributed by atoms with E-state index in [1.807, 2.05) is 6.92 Å². The van der Waals surface area contributed by atoms with Crippen LogP contribution in [0.15, 0.2) is 18.2 Å². The van der Waals surface area contributed by atoms with E-state index in [4.69, 9.17) is 4.74 Å². The van der Waals surface area contributed by atoms with Crippen molar-refractivity contribution >= 4 is 17.6 Å². The molecule has 0 saturated carbocycles. The first-order valence-corrected chi connectivity index (χ1v) is 6.28. The average molecular weight is 264 g/mol. The van der Waals surface area contributed by atoms with Crippen LogP contribution in [0.3, 0.4) is 0 Å². The maximum atomic E-state index is 11.7. The molecule has 1 amide bonds. The number of carbonyl (C=O) groups is 2. The number of carbonyl (C=O) groups excluding carboxylic acids is 2. The van der Waals surface area contributed by atoms with Crippen LogP contribution in [-0.2, 0) is 9.53 Å². The van der Waals surface area contributed by atoms with Gasteiger partial charge in [-0.15, -0.1) is 0 Å². The number of rotatable bonds is 6. The number of benzene rings is 1. The fourth-order valence-electron chi connectivity index (χ4n) is 1.69. The highest BCUT2D eigenvalue weighted by Crippen LogP contribution is 2.19. The summed E-state index contributed by atoms with van der Waals surface area (Å²) < 4.78 is 4.69. The number of esters is 1. The molecule has 0 radical (unpaired) electrons. The zero-order valence-electron chi connectivity index (χ0n) is 11.6. The van der Waals surface area contributed by atoms with Gasteiger partial charge in [-0.1, -0.05) is 13.0 Å². The van der Waals surface area contributed by atoms with Crippen LogP contribution in [0, 0.1) is 6.92 Å². The van der Waals surface area contributed by atoms with E-state index in [2.05, 4.69) is 10.6 Å². The molecular formula is C14H20N2O3. The molecule has 0 aliphatic carbocycles. The van der Waals surface area contributed by atoms with E-state index in [0.717, 1.165) is 6.54 Å². The van der Waals surface area contributed by atoms with E-state index in [1.165, 1.54) is 7.11 Å². The van der Waals surface area contributed by atoms with Gasteiger partial charge >= 0.3 is 5.97 Å². The van der Waals surface area contributed by atoms with Gasteiger partial charge in [-0.3, -0.25) is 4.79 Å². The quantitative estimate of drug-likeness (QED) is 0.606. The molecule has 1 aromatic carbocycles. The fourth-order valence-corrected chi connectivity index (χ4v) is 1.69. The van der Waals surface area contributed by atoms with Gasteiger partial charge in [0.1, 0.15) is 0 Å². The third-order valence-corrected chi connectivity index (χ3v) is 2.79. The number of hydrogen-bond donors (Lipinski definition) is 2. The summed E-state index contributed by atoms with van der Waals surface area (Å²) in [4.78, 5) is 23.3. The molecule has 5 heteroatoms. The molecule has 5 nitrogen and oxygen atoms in total. The van der Waals surface area contributed by atoms with Crippen molar-refractivity contribution in [1.29, 1.82) is 0 Å². The van der Waals surface area contributed by atoms with Crippen molar-refractivity contribution in [3.8, 4) is 0 Å². The molecule has 1 aromatic rings. The lowest BCUT2D eigenvalue weighted by Crippen LogP contribution is -2.22. The molecule has 19 heavy (non-hydrogen) atoms. The van der Waals surface area contributed by atoms with Crippen LogP contribution in [0.2, 0.25) is 0 Å². The van der Waals surface area contributed by atoms with Crippen LogP contribution >= 0.6 is 0 Å². The Balaban J connectivity index is 2.73. The summed E-state index contributed by atoms with van der Waals surface area (Å²) in [6.07, 6.45) is 0.399. The molecule has 0 atom stereocenters. The molecule has 1 rings (SSSR count). The third-order valence-electron chi connectivity index (χ3n) is 2.79. The summed E-state index contributed by atoms with van der Waals surface area (Å²) in [5, 5.41) is 5.89. The highest BCUT2D eigenvalue weighted by Gasteiger charge is 2.12. The predicted octanol–water partition coefficient (Wildman–Crippen LogP) is 1.72. The third kappa shape index (κ3) is 4.37. The number of hydrogen-bond acceptors (Lipinski definition) is 4. The molecule has 0 saturated heterocycles. The Morgan fingerprint density at radius 2 is 2.05 bits per heavy atom. The standard InChI is InChI=1S/C14H20N2O3/c1-4-15-9-8-13(17)16-12-7-5-6-11(10(12)2)14(18)19-3/h5-7,15H,4,8-9H2,1-3H3,(H,16,17). The van der Waals surface area contributed by atoms with Crippen molar-refractivity contribution in [2.24, 2.45) is 0 Å². The first-order chi connectivity index (χ1) is 9.10. The minimum absolute atomic E-state index is 0.0777. The summed E-state index contributed by atoms with van der Waals surface area (Å²) in [5.41, 5.74) is 1.82. The highest BCUT2D eigenvalue weighted by molar-refractivity contribution is 5.96. The Bertz CT molecular complexity index is 458. The normalized spacial score (nSPS) is 10.1. The van der Waals surface area contributed by atoms with E-state index >= 15 is 0 Å². The van der Waals surface area contributed by atoms with Crippen molar-refractivity contribution in [2.45, 2.75) is 20.3 Å². The average Bonchev–Trinajstić information content (AvgIpc) is 2.40. The lowest BCUT2D eigenvalue weighted by Gasteiger charge is -2.11. The zero-order valence-corrected chi connectivity index (χ0v) is 11.6. The molecular weight excluding hydrogens is 244 g/mol. The van der Waals surface area contributed by atoms with Gasteiger partial charge < -0.3 is 15.4 Å². The first-order valence-electron chi connectivity index (χ1n) is 6.28. The molecule has 0 aromatic heterocycles. The first kappa shape index (κ1) is 15.2. The van der Waals surface area contributed by atoms with E-state index in [-0.39, 0.29) is 5.91 Å². The van der Waals surface area contributed by atoms with Gasteiger partial charge in [0.15, 0.2) is 0 Å². The van der Waals surface area contributed by atoms with Crippen molar-refractivity contribution in [3.05, 3.63) is 29.3 Å². The highest BCUT2D eigenvalue weighted by atomic mass is 16.5. The molecule has 0 spiro atoms. The number of amides is 1. The summed E-state index contributed by atoms with van der Waals surface area (Å²) >= 11 is 0. The molecule has 2 N–H and O–H groups in total. The smallest absolute Gasteiger partial charge is 0.338 e. The Kier molecular flexibility index (Phi) is 6.02. The lowest BCUT2D eigenvalue weighted by atomic mass is 10.1. The molecule has 0 aliphatic heterocycles. The Labute approximate surface area is 113 Å². The van der Waals surface area contributed by atoms with Gasteiger partial charge in [-0.05, 0) is 31.2 Å². The SMILES string of the molecule is CCNCCC(=O)Nc1cccc(C(=O)OC)c1C. The van der Waals surface area contributed by atoms with Gasteiger partial charge in [-0.25, -0.2) is 4.79 Å². The van der Waals surface area contributed by atoms with Crippen molar-refractivity contribution < 1.29 is 14.3 Å². The number of methoxy groups -OCH3 is 1. The van der Waals surface area contributed by atoms with Crippen LogP contribution in [-0.4, -0.2) is 32.1 Å². The van der Waals surface area contributed by atoms with E-state index in [1.54, 1.807) is 25.1 Å². The summed E-state index contributed by atoms with van der Waals surface area (Å²) in [6, 6.07) is 5.17. The van der Waals surface area contributed by atoms with E-state index < -0.39 is 5.97 Å². The van der Waals surface area contributed by atoms with Gasteiger partial charge in [0.25, 0.3) is 0 Å². The second-order valence-corrected chi connectivity index (χ2v) is 4.12. The van der Waals surface area contributed by atoms with Gasteiger partial charge in [-0.2, -0.15) is 0 Å². The fraction of sp³-hybridized carbons (Fsp3) is 0.429. The monoisotopic (exact) mass is 264 g/mol. The van der Waals surface area contributed by atoms with Crippen molar-refractivity contribution in [3.63, 3.8) is 0 Å². The molecule has 0 fully saturated rings. The topological polar surface area (TPSA) is 67.4 Å².